The van der Waals surface area contributed by atoms with Gasteiger partial charge in [-0.1, -0.05) is 19.9 Å². The smallest absolute Gasteiger partial charge is 0.201 e. The van der Waals surface area contributed by atoms with Crippen molar-refractivity contribution in [3.8, 4) is 0 Å². The zero-order chi connectivity index (χ0) is 15.4. The van der Waals surface area contributed by atoms with Crippen molar-refractivity contribution >= 4 is 26.8 Å². The van der Waals surface area contributed by atoms with E-state index in [-0.39, 0.29) is 4.90 Å². The summed E-state index contributed by atoms with van der Waals surface area (Å²) in [4.78, 5) is 4.59. The van der Waals surface area contributed by atoms with Gasteiger partial charge in [0, 0.05) is 12.3 Å². The molecule has 114 valence electrons. The lowest BCUT2D eigenvalue weighted by atomic mass is 9.92. The van der Waals surface area contributed by atoms with Gasteiger partial charge in [-0.15, -0.1) is 0 Å². The summed E-state index contributed by atoms with van der Waals surface area (Å²) < 4.78 is 25.8. The molecule has 2 aromatic rings. The normalized spacial score (nSPS) is 22.0. The molecule has 1 unspecified atom stereocenters. The van der Waals surface area contributed by atoms with Crippen molar-refractivity contribution in [2.24, 2.45) is 5.41 Å². The van der Waals surface area contributed by atoms with Gasteiger partial charge in [0.05, 0.1) is 10.4 Å². The summed E-state index contributed by atoms with van der Waals surface area (Å²) >= 11 is 0. The molecule has 2 N–H and O–H groups in total. The molecule has 0 amide bonds. The molecule has 1 aromatic heterocycles. The number of nitrogens with zero attached hydrogens (tertiary/aromatic N) is 2. The molecule has 5 nitrogen and oxygen atoms in total. The van der Waals surface area contributed by atoms with E-state index in [1.165, 1.54) is 6.26 Å². The molecule has 0 radical (unpaired) electrons. The number of benzene rings is 1. The number of nitrogens with two attached hydrogens (primary N) is 1. The number of aromatic nitrogens is 2. The number of nitrogen functional groups attached to an aromatic ring is 1. The third-order valence-electron chi connectivity index (χ3n) is 4.42. The Morgan fingerprint density at radius 1 is 1.38 bits per heavy atom. The molecule has 0 aliphatic heterocycles. The molecular formula is C15H21N3O2S. The van der Waals surface area contributed by atoms with Crippen LogP contribution >= 0.6 is 0 Å². The first kappa shape index (κ1) is 14.4. The Balaban J connectivity index is 2.20. The highest BCUT2D eigenvalue weighted by molar-refractivity contribution is 7.91. The van der Waals surface area contributed by atoms with E-state index in [1.54, 1.807) is 12.1 Å². The lowest BCUT2D eigenvalue weighted by Gasteiger charge is -2.19. The number of hydrogen-bond donors (Lipinski definition) is 1. The van der Waals surface area contributed by atoms with Crippen LogP contribution in [0.25, 0.3) is 11.0 Å². The van der Waals surface area contributed by atoms with E-state index in [0.29, 0.717) is 22.9 Å². The van der Waals surface area contributed by atoms with Gasteiger partial charge in [0.25, 0.3) is 0 Å². The van der Waals surface area contributed by atoms with E-state index in [2.05, 4.69) is 18.8 Å². The SMILES string of the molecule is CC1(C)CCC(n2c(N)nc3c(S(C)(=O)=O)cccc32)C1. The van der Waals surface area contributed by atoms with E-state index in [1.807, 2.05) is 10.6 Å². The second-order valence-corrected chi connectivity index (χ2v) is 8.78. The molecule has 21 heavy (non-hydrogen) atoms. The van der Waals surface area contributed by atoms with Gasteiger partial charge in [-0.05, 0) is 36.8 Å². The quantitative estimate of drug-likeness (QED) is 0.925. The van der Waals surface area contributed by atoms with Crippen molar-refractivity contribution in [1.82, 2.24) is 9.55 Å². The van der Waals surface area contributed by atoms with Crippen molar-refractivity contribution in [2.45, 2.75) is 44.0 Å². The van der Waals surface area contributed by atoms with Gasteiger partial charge in [-0.3, -0.25) is 0 Å². The summed E-state index contributed by atoms with van der Waals surface area (Å²) in [6.45, 7) is 4.51. The second-order valence-electron chi connectivity index (χ2n) is 6.80. The highest BCUT2D eigenvalue weighted by Crippen LogP contribution is 2.45. The first-order chi connectivity index (χ1) is 9.69. The third-order valence-corrected chi connectivity index (χ3v) is 5.55. The minimum Gasteiger partial charge on any atom is -0.369 e. The van der Waals surface area contributed by atoms with Gasteiger partial charge in [0.1, 0.15) is 5.52 Å². The lowest BCUT2D eigenvalue weighted by Crippen LogP contribution is -2.11. The maximum Gasteiger partial charge on any atom is 0.201 e. The van der Waals surface area contributed by atoms with Gasteiger partial charge in [0.2, 0.25) is 5.95 Å². The van der Waals surface area contributed by atoms with Gasteiger partial charge in [-0.25, -0.2) is 13.4 Å². The predicted molar refractivity (Wildman–Crippen MR) is 83.9 cm³/mol. The molecule has 1 aromatic carbocycles. The molecule has 1 aliphatic carbocycles. The Hall–Kier alpha value is -1.56. The number of fused-ring (bicyclic) bond motifs is 1. The van der Waals surface area contributed by atoms with E-state index in [9.17, 15) is 8.42 Å². The minimum atomic E-state index is -3.31. The van der Waals surface area contributed by atoms with Crippen LogP contribution in [0.4, 0.5) is 5.95 Å². The Kier molecular flexibility index (Phi) is 3.06. The molecule has 1 heterocycles. The topological polar surface area (TPSA) is 78.0 Å². The van der Waals surface area contributed by atoms with Crippen molar-refractivity contribution < 1.29 is 8.42 Å². The molecule has 1 saturated carbocycles. The van der Waals surface area contributed by atoms with E-state index in [4.69, 9.17) is 5.73 Å². The molecule has 6 heteroatoms. The minimum absolute atomic E-state index is 0.253. The van der Waals surface area contributed by atoms with E-state index >= 15 is 0 Å². The number of rotatable bonds is 2. The molecule has 0 spiro atoms. The van der Waals surface area contributed by atoms with E-state index in [0.717, 1.165) is 24.8 Å². The van der Waals surface area contributed by atoms with Crippen LogP contribution in [0.3, 0.4) is 0 Å². The van der Waals surface area contributed by atoms with Gasteiger partial charge >= 0.3 is 0 Å². The van der Waals surface area contributed by atoms with Crippen LogP contribution in [-0.2, 0) is 9.84 Å². The molecule has 1 aliphatic rings. The fraction of sp³-hybridized carbons (Fsp3) is 0.533. The second kappa shape index (κ2) is 4.47. The monoisotopic (exact) mass is 307 g/mol. The Morgan fingerprint density at radius 3 is 2.67 bits per heavy atom. The first-order valence-electron chi connectivity index (χ1n) is 7.15. The maximum atomic E-state index is 11.9. The average Bonchev–Trinajstić information content (AvgIpc) is 2.86. The number of para-hydroxylation sites is 1. The third kappa shape index (κ3) is 2.41. The predicted octanol–water partition coefficient (Wildman–Crippen LogP) is 2.77. The Bertz CT molecular complexity index is 806. The average molecular weight is 307 g/mol. The molecular weight excluding hydrogens is 286 g/mol. The van der Waals surface area contributed by atoms with Crippen LogP contribution in [0.5, 0.6) is 0 Å². The van der Waals surface area contributed by atoms with E-state index < -0.39 is 9.84 Å². The highest BCUT2D eigenvalue weighted by atomic mass is 32.2. The number of anilines is 1. The fourth-order valence-electron chi connectivity index (χ4n) is 3.41. The maximum absolute atomic E-state index is 11.9. The standard InChI is InChI=1S/C15H21N3O2S/c1-15(2)8-7-10(9-15)18-11-5-4-6-12(21(3,19)20)13(11)17-14(18)16/h4-6,10H,7-9H2,1-3H3,(H2,16,17). The first-order valence-corrected chi connectivity index (χ1v) is 9.05. The summed E-state index contributed by atoms with van der Waals surface area (Å²) in [7, 11) is -3.31. The van der Waals surface area contributed by atoms with Crippen LogP contribution in [0, 0.1) is 5.41 Å². The van der Waals surface area contributed by atoms with Crippen molar-refractivity contribution in [1.29, 1.82) is 0 Å². The molecule has 0 bridgehead atoms. The van der Waals surface area contributed by atoms with Crippen LogP contribution in [0.2, 0.25) is 0 Å². The number of hydrogen-bond acceptors (Lipinski definition) is 4. The summed E-state index contributed by atoms with van der Waals surface area (Å²) in [6.07, 6.45) is 4.43. The van der Waals surface area contributed by atoms with Gasteiger partial charge in [-0.2, -0.15) is 0 Å². The summed E-state index contributed by atoms with van der Waals surface area (Å²) in [5.41, 5.74) is 7.69. The van der Waals surface area contributed by atoms with Crippen molar-refractivity contribution in [3.05, 3.63) is 18.2 Å². The zero-order valence-corrected chi connectivity index (χ0v) is 13.4. The fourth-order valence-corrected chi connectivity index (χ4v) is 4.24. The number of sulfone groups is 1. The molecule has 1 atom stereocenters. The van der Waals surface area contributed by atoms with Crippen molar-refractivity contribution in [3.63, 3.8) is 0 Å². The highest BCUT2D eigenvalue weighted by Gasteiger charge is 2.34. The summed E-state index contributed by atoms with van der Waals surface area (Å²) in [5, 5.41) is 0. The zero-order valence-electron chi connectivity index (χ0n) is 12.6. The molecule has 0 saturated heterocycles. The van der Waals surface area contributed by atoms with Crippen LogP contribution in [0.1, 0.15) is 39.2 Å². The summed E-state index contributed by atoms with van der Waals surface area (Å²) in [5.74, 6) is 0.406. The molecule has 3 rings (SSSR count). The van der Waals surface area contributed by atoms with Crippen molar-refractivity contribution in [2.75, 3.05) is 12.0 Å². The van der Waals surface area contributed by atoms with Gasteiger partial charge in [0.15, 0.2) is 9.84 Å². The lowest BCUT2D eigenvalue weighted by molar-refractivity contribution is 0.361. The van der Waals surface area contributed by atoms with Crippen LogP contribution in [0.15, 0.2) is 23.1 Å². The van der Waals surface area contributed by atoms with Crippen LogP contribution < -0.4 is 5.73 Å². The Morgan fingerprint density at radius 2 is 2.10 bits per heavy atom. The number of imidazole rings is 1. The largest absolute Gasteiger partial charge is 0.369 e. The van der Waals surface area contributed by atoms with Gasteiger partial charge < -0.3 is 10.3 Å². The Labute approximate surface area is 125 Å². The molecule has 1 fully saturated rings. The summed E-state index contributed by atoms with van der Waals surface area (Å²) in [6, 6.07) is 5.54. The van der Waals surface area contributed by atoms with Crippen LogP contribution in [-0.4, -0.2) is 24.2 Å².